The van der Waals surface area contributed by atoms with Crippen molar-refractivity contribution in [1.82, 2.24) is 10.3 Å². The van der Waals surface area contributed by atoms with E-state index in [0.717, 1.165) is 37.2 Å². The van der Waals surface area contributed by atoms with Crippen LogP contribution < -0.4 is 19.7 Å². The summed E-state index contributed by atoms with van der Waals surface area (Å²) in [5, 5.41) is 4.55. The van der Waals surface area contributed by atoms with Crippen LogP contribution in [-0.2, 0) is 6.42 Å². The Bertz CT molecular complexity index is 1250. The normalized spacial score (nSPS) is 13.9. The first-order valence-electron chi connectivity index (χ1n) is 12.2. The van der Waals surface area contributed by atoms with E-state index in [1.165, 1.54) is 12.8 Å². The topological polar surface area (TPSA) is 63.7 Å². The minimum absolute atomic E-state index is 0.187. The number of nitrogens with one attached hydrogen (secondary N) is 1. The van der Waals surface area contributed by atoms with Crippen LogP contribution >= 0.6 is 34.8 Å². The van der Waals surface area contributed by atoms with Gasteiger partial charge in [0.1, 0.15) is 16.5 Å². The van der Waals surface area contributed by atoms with Gasteiger partial charge in [0.25, 0.3) is 5.91 Å². The molecule has 196 valence electrons. The molecule has 1 saturated heterocycles. The molecule has 0 radical (unpaired) electrons. The van der Waals surface area contributed by atoms with Gasteiger partial charge in [-0.05, 0) is 67.6 Å². The summed E-state index contributed by atoms with van der Waals surface area (Å²) in [5.74, 6) is 0.997. The average molecular weight is 563 g/mol. The highest BCUT2D eigenvalue weighted by atomic mass is 35.5. The highest BCUT2D eigenvalue weighted by molar-refractivity contribution is 6.35. The van der Waals surface area contributed by atoms with Crippen molar-refractivity contribution in [2.45, 2.75) is 26.2 Å². The van der Waals surface area contributed by atoms with Gasteiger partial charge in [-0.15, -0.1) is 0 Å². The second-order valence-corrected chi connectivity index (χ2v) is 10.3. The Morgan fingerprint density at radius 1 is 1.08 bits per heavy atom. The molecular formula is C28H30Cl3N3O3. The largest absolute Gasteiger partial charge is 0.495 e. The monoisotopic (exact) mass is 561 g/mol. The van der Waals surface area contributed by atoms with Gasteiger partial charge < -0.3 is 19.7 Å². The van der Waals surface area contributed by atoms with Gasteiger partial charge in [0, 0.05) is 59.2 Å². The minimum Gasteiger partial charge on any atom is -0.495 e. The molecule has 9 heteroatoms. The molecule has 6 nitrogen and oxygen atoms in total. The maximum Gasteiger partial charge on any atom is 0.251 e. The summed E-state index contributed by atoms with van der Waals surface area (Å²) in [5.41, 5.74) is 3.56. The third-order valence-corrected chi connectivity index (χ3v) is 7.50. The summed E-state index contributed by atoms with van der Waals surface area (Å²) in [4.78, 5) is 19.7. The number of hydrogen-bond donors (Lipinski definition) is 1. The van der Waals surface area contributed by atoms with Gasteiger partial charge in [0.2, 0.25) is 0 Å². The number of methoxy groups -OCH3 is 1. The summed E-state index contributed by atoms with van der Waals surface area (Å²) in [6.07, 6.45) is 4.42. The first-order chi connectivity index (χ1) is 17.8. The first kappa shape index (κ1) is 27.4. The van der Waals surface area contributed by atoms with E-state index in [2.05, 4.69) is 21.3 Å². The molecule has 0 aliphatic carbocycles. The van der Waals surface area contributed by atoms with Crippen LogP contribution in [0.3, 0.4) is 0 Å². The predicted octanol–water partition coefficient (Wildman–Crippen LogP) is 6.63. The number of aryl methyl sites for hydroxylation is 1. The van der Waals surface area contributed by atoms with E-state index in [1.54, 1.807) is 24.3 Å². The standard InChI is InChI=1S/C28H30Cl3N3O3/c1-18-13-23(5-9-32-18)34-10-6-19(7-11-34)17-33-28(35)21-14-25(36-2)27(31)26(15-21)37-12-8-20-3-4-22(29)16-24(20)30/h3-5,9,13-16,19H,6-8,10-12,17H2,1-2H3,(H,33,35). The van der Waals surface area contributed by atoms with Gasteiger partial charge in [-0.1, -0.05) is 40.9 Å². The predicted molar refractivity (Wildman–Crippen MR) is 150 cm³/mol. The zero-order valence-electron chi connectivity index (χ0n) is 20.9. The number of ether oxygens (including phenoxy) is 2. The maximum absolute atomic E-state index is 13.0. The molecule has 0 saturated carbocycles. The molecule has 3 aromatic rings. The molecule has 1 aliphatic heterocycles. The number of benzene rings is 2. The summed E-state index contributed by atoms with van der Waals surface area (Å²) in [6.45, 7) is 4.84. The van der Waals surface area contributed by atoms with E-state index in [9.17, 15) is 4.79 Å². The van der Waals surface area contributed by atoms with Crippen LogP contribution in [0.15, 0.2) is 48.7 Å². The first-order valence-corrected chi connectivity index (χ1v) is 13.4. The van der Waals surface area contributed by atoms with Gasteiger partial charge in [-0.2, -0.15) is 0 Å². The van der Waals surface area contributed by atoms with Crippen molar-refractivity contribution in [2.24, 2.45) is 5.92 Å². The highest BCUT2D eigenvalue weighted by Crippen LogP contribution is 2.36. The van der Waals surface area contributed by atoms with Crippen molar-refractivity contribution >= 4 is 46.4 Å². The Morgan fingerprint density at radius 3 is 2.54 bits per heavy atom. The van der Waals surface area contributed by atoms with Crippen molar-refractivity contribution in [3.05, 3.63) is 80.6 Å². The molecule has 1 aromatic heterocycles. The lowest BCUT2D eigenvalue weighted by Crippen LogP contribution is -2.38. The molecular weight excluding hydrogens is 533 g/mol. The maximum atomic E-state index is 13.0. The van der Waals surface area contributed by atoms with Gasteiger partial charge in [-0.25, -0.2) is 0 Å². The fourth-order valence-corrected chi connectivity index (χ4v) is 5.16. The van der Waals surface area contributed by atoms with Crippen molar-refractivity contribution < 1.29 is 14.3 Å². The van der Waals surface area contributed by atoms with Crippen molar-refractivity contribution in [3.8, 4) is 11.5 Å². The van der Waals surface area contributed by atoms with Gasteiger partial charge in [0.15, 0.2) is 0 Å². The molecule has 2 heterocycles. The Hall–Kier alpha value is -2.67. The van der Waals surface area contributed by atoms with E-state index in [0.29, 0.717) is 57.6 Å². The molecule has 0 bridgehead atoms. The van der Waals surface area contributed by atoms with E-state index in [4.69, 9.17) is 44.3 Å². The fraction of sp³-hybridized carbons (Fsp3) is 0.357. The van der Waals surface area contributed by atoms with Crippen LogP contribution in [0, 0.1) is 12.8 Å². The third kappa shape index (κ3) is 7.22. The Kier molecular flexibility index (Phi) is 9.41. The van der Waals surface area contributed by atoms with Gasteiger partial charge in [-0.3, -0.25) is 9.78 Å². The summed E-state index contributed by atoms with van der Waals surface area (Å²) in [7, 11) is 1.51. The Balaban J connectivity index is 1.33. The second kappa shape index (κ2) is 12.7. The smallest absolute Gasteiger partial charge is 0.251 e. The van der Waals surface area contributed by atoms with Crippen LogP contribution in [0.2, 0.25) is 15.1 Å². The number of rotatable bonds is 9. The zero-order chi connectivity index (χ0) is 26.4. The van der Waals surface area contributed by atoms with Crippen LogP contribution in [0.25, 0.3) is 0 Å². The fourth-order valence-electron chi connectivity index (χ4n) is 4.41. The van der Waals surface area contributed by atoms with Crippen LogP contribution in [0.4, 0.5) is 5.69 Å². The van der Waals surface area contributed by atoms with Crippen LogP contribution in [0.1, 0.15) is 34.5 Å². The summed E-state index contributed by atoms with van der Waals surface area (Å²) in [6, 6.07) is 12.8. The summed E-state index contributed by atoms with van der Waals surface area (Å²) < 4.78 is 11.3. The average Bonchev–Trinajstić information content (AvgIpc) is 2.89. The van der Waals surface area contributed by atoms with E-state index in [-0.39, 0.29) is 5.91 Å². The number of halogens is 3. The van der Waals surface area contributed by atoms with Crippen LogP contribution in [0.5, 0.6) is 11.5 Å². The number of aromatic nitrogens is 1. The molecule has 4 rings (SSSR count). The van der Waals surface area contributed by atoms with Crippen molar-refractivity contribution in [1.29, 1.82) is 0 Å². The zero-order valence-corrected chi connectivity index (χ0v) is 23.2. The molecule has 0 atom stereocenters. The van der Waals surface area contributed by atoms with Gasteiger partial charge in [0.05, 0.1) is 13.7 Å². The Morgan fingerprint density at radius 2 is 1.84 bits per heavy atom. The van der Waals surface area contributed by atoms with Gasteiger partial charge >= 0.3 is 0 Å². The SMILES string of the molecule is COc1cc(C(=O)NCC2CCN(c3ccnc(C)c3)CC2)cc(OCCc2ccc(Cl)cc2Cl)c1Cl. The molecule has 1 fully saturated rings. The van der Waals surface area contributed by atoms with E-state index in [1.807, 2.05) is 25.3 Å². The third-order valence-electron chi connectivity index (χ3n) is 6.54. The molecule has 1 N–H and O–H groups in total. The van der Waals surface area contributed by atoms with Crippen molar-refractivity contribution in [3.63, 3.8) is 0 Å². The number of carbonyl (C=O) groups is 1. The number of hydrogen-bond acceptors (Lipinski definition) is 5. The van der Waals surface area contributed by atoms with Crippen molar-refractivity contribution in [2.75, 3.05) is 38.3 Å². The minimum atomic E-state index is -0.187. The second-order valence-electron chi connectivity index (χ2n) is 9.12. The molecule has 0 spiro atoms. The summed E-state index contributed by atoms with van der Waals surface area (Å²) >= 11 is 18.7. The molecule has 0 unspecified atom stereocenters. The number of anilines is 1. The molecule has 37 heavy (non-hydrogen) atoms. The lowest BCUT2D eigenvalue weighted by atomic mass is 9.96. The number of piperidine rings is 1. The molecule has 1 aliphatic rings. The lowest BCUT2D eigenvalue weighted by molar-refractivity contribution is 0.0944. The number of nitrogens with zero attached hydrogens (tertiary/aromatic N) is 2. The highest BCUT2D eigenvalue weighted by Gasteiger charge is 2.21. The molecule has 2 aromatic carbocycles. The van der Waals surface area contributed by atoms with Crippen LogP contribution in [-0.4, -0.2) is 44.2 Å². The quantitative estimate of drug-likeness (QED) is 0.317. The Labute approximate surface area is 232 Å². The van der Waals surface area contributed by atoms with E-state index >= 15 is 0 Å². The van der Waals surface area contributed by atoms with E-state index < -0.39 is 0 Å². The lowest BCUT2D eigenvalue weighted by Gasteiger charge is -2.33. The number of pyridine rings is 1. The number of amides is 1. The number of carbonyl (C=O) groups excluding carboxylic acids is 1. The molecule has 1 amide bonds.